The standard InChI is InChI=1S/C6H12O3Si/c1-3-8-6(7)9-5-10-4-2/h4H,2-3,5,10H2,1H3. The monoisotopic (exact) mass is 160 g/mol. The lowest BCUT2D eigenvalue weighted by Crippen LogP contribution is -2.10. The van der Waals surface area contributed by atoms with Crippen molar-refractivity contribution in [2.45, 2.75) is 6.92 Å². The maximum atomic E-state index is 10.5. The van der Waals surface area contributed by atoms with Crippen molar-refractivity contribution >= 4 is 15.7 Å². The molecule has 0 radical (unpaired) electrons. The highest BCUT2D eigenvalue weighted by Gasteiger charge is 1.98. The molecule has 0 spiro atoms. The molecule has 10 heavy (non-hydrogen) atoms. The van der Waals surface area contributed by atoms with Crippen LogP contribution in [0.3, 0.4) is 0 Å². The summed E-state index contributed by atoms with van der Waals surface area (Å²) in [6.45, 7) is 5.64. The normalized spacial score (nSPS) is 9.70. The number of hydrogen-bond acceptors (Lipinski definition) is 3. The van der Waals surface area contributed by atoms with Crippen molar-refractivity contribution in [3.8, 4) is 0 Å². The number of rotatable bonds is 4. The van der Waals surface area contributed by atoms with Crippen molar-refractivity contribution in [2.24, 2.45) is 0 Å². The van der Waals surface area contributed by atoms with Crippen molar-refractivity contribution in [1.82, 2.24) is 0 Å². The maximum Gasteiger partial charge on any atom is 0.507 e. The van der Waals surface area contributed by atoms with E-state index >= 15 is 0 Å². The zero-order valence-electron chi connectivity index (χ0n) is 6.13. The van der Waals surface area contributed by atoms with E-state index in [2.05, 4.69) is 16.1 Å². The maximum absolute atomic E-state index is 10.5. The molecule has 0 atom stereocenters. The van der Waals surface area contributed by atoms with Gasteiger partial charge in [-0.25, -0.2) is 4.79 Å². The van der Waals surface area contributed by atoms with Gasteiger partial charge in [-0.05, 0) is 6.92 Å². The first-order chi connectivity index (χ1) is 4.81. The first-order valence-corrected chi connectivity index (χ1v) is 5.03. The number of carbonyl (C=O) groups is 1. The summed E-state index contributed by atoms with van der Waals surface area (Å²) in [4.78, 5) is 10.5. The van der Waals surface area contributed by atoms with Crippen LogP contribution in [0.15, 0.2) is 12.3 Å². The number of ether oxygens (including phenoxy) is 2. The Morgan fingerprint density at radius 1 is 1.70 bits per heavy atom. The van der Waals surface area contributed by atoms with Crippen LogP contribution >= 0.6 is 0 Å². The minimum atomic E-state index is -0.572. The lowest BCUT2D eigenvalue weighted by molar-refractivity contribution is 0.0715. The number of hydrogen-bond donors (Lipinski definition) is 0. The van der Waals surface area contributed by atoms with Gasteiger partial charge in [-0.2, -0.15) is 0 Å². The fourth-order valence-electron chi connectivity index (χ4n) is 0.385. The molecule has 4 heteroatoms. The molecule has 0 heterocycles. The van der Waals surface area contributed by atoms with E-state index in [1.165, 1.54) is 0 Å². The van der Waals surface area contributed by atoms with Gasteiger partial charge in [0.25, 0.3) is 0 Å². The summed E-state index contributed by atoms with van der Waals surface area (Å²) >= 11 is 0. The van der Waals surface area contributed by atoms with Gasteiger partial charge in [0.15, 0.2) is 0 Å². The van der Waals surface area contributed by atoms with E-state index in [0.29, 0.717) is 12.8 Å². The predicted molar refractivity (Wildman–Crippen MR) is 41.7 cm³/mol. The molecule has 0 N–H and O–H groups in total. The fourth-order valence-corrected chi connectivity index (χ4v) is 0.836. The highest BCUT2D eigenvalue weighted by Crippen LogP contribution is 1.82. The summed E-state index contributed by atoms with van der Waals surface area (Å²) in [5, 5.41) is 0. The van der Waals surface area contributed by atoms with Crippen LogP contribution in [-0.2, 0) is 9.47 Å². The molecule has 0 fully saturated rings. The summed E-state index contributed by atoms with van der Waals surface area (Å²) in [6, 6.07) is 0. The van der Waals surface area contributed by atoms with Gasteiger partial charge in [-0.15, -0.1) is 12.3 Å². The van der Waals surface area contributed by atoms with Crippen LogP contribution in [0.5, 0.6) is 0 Å². The molecule has 0 amide bonds. The van der Waals surface area contributed by atoms with Gasteiger partial charge in [0.1, 0.15) is 0 Å². The molecule has 0 unspecified atom stereocenters. The van der Waals surface area contributed by atoms with Crippen molar-refractivity contribution in [1.29, 1.82) is 0 Å². The Kier molecular flexibility index (Phi) is 5.86. The first-order valence-electron chi connectivity index (χ1n) is 3.21. The molecule has 0 aliphatic rings. The lowest BCUT2D eigenvalue weighted by Gasteiger charge is -2.00. The zero-order valence-corrected chi connectivity index (χ0v) is 7.54. The Morgan fingerprint density at radius 2 is 2.40 bits per heavy atom. The molecule has 3 nitrogen and oxygen atoms in total. The highest BCUT2D eigenvalue weighted by atomic mass is 28.2. The zero-order chi connectivity index (χ0) is 7.82. The lowest BCUT2D eigenvalue weighted by atomic mass is 10.9. The second-order valence-electron chi connectivity index (χ2n) is 1.61. The summed E-state index contributed by atoms with van der Waals surface area (Å²) in [5.74, 6) is 0. The van der Waals surface area contributed by atoms with Gasteiger partial charge >= 0.3 is 6.16 Å². The van der Waals surface area contributed by atoms with Gasteiger partial charge < -0.3 is 9.47 Å². The predicted octanol–water partition coefficient (Wildman–Crippen LogP) is 0.429. The third-order valence-electron chi connectivity index (χ3n) is 0.804. The molecular formula is C6H12O3Si. The second kappa shape index (κ2) is 6.35. The smallest absolute Gasteiger partial charge is 0.438 e. The van der Waals surface area contributed by atoms with Crippen LogP contribution in [0.25, 0.3) is 0 Å². The van der Waals surface area contributed by atoms with Crippen molar-refractivity contribution in [3.05, 3.63) is 12.3 Å². The highest BCUT2D eigenvalue weighted by molar-refractivity contribution is 6.41. The topological polar surface area (TPSA) is 35.5 Å². The van der Waals surface area contributed by atoms with Crippen LogP contribution in [0.4, 0.5) is 4.79 Å². The third kappa shape index (κ3) is 5.37. The molecule has 0 rings (SSSR count). The Balaban J connectivity index is 3.13. The molecule has 0 bridgehead atoms. The van der Waals surface area contributed by atoms with Gasteiger partial charge in [-0.3, -0.25) is 0 Å². The Hall–Kier alpha value is -0.773. The van der Waals surface area contributed by atoms with Crippen LogP contribution in [-0.4, -0.2) is 28.5 Å². The minimum absolute atomic E-state index is 0.370. The average Bonchev–Trinajstić information content (AvgIpc) is 1.89. The van der Waals surface area contributed by atoms with E-state index < -0.39 is 15.7 Å². The molecule has 0 aliphatic carbocycles. The van der Waals surface area contributed by atoms with Crippen LogP contribution < -0.4 is 0 Å². The van der Waals surface area contributed by atoms with E-state index in [-0.39, 0.29) is 0 Å². The van der Waals surface area contributed by atoms with E-state index in [1.54, 1.807) is 6.92 Å². The van der Waals surface area contributed by atoms with Crippen LogP contribution in [0.1, 0.15) is 6.92 Å². The molecule has 0 aliphatic heterocycles. The van der Waals surface area contributed by atoms with Crippen LogP contribution in [0, 0.1) is 0 Å². The largest absolute Gasteiger partial charge is 0.507 e. The van der Waals surface area contributed by atoms with E-state index in [0.717, 1.165) is 0 Å². The van der Waals surface area contributed by atoms with Crippen molar-refractivity contribution in [3.63, 3.8) is 0 Å². The minimum Gasteiger partial charge on any atom is -0.438 e. The van der Waals surface area contributed by atoms with E-state index in [9.17, 15) is 4.79 Å². The van der Waals surface area contributed by atoms with Crippen molar-refractivity contribution < 1.29 is 14.3 Å². The Labute approximate surface area is 62.8 Å². The summed E-state index contributed by atoms with van der Waals surface area (Å²) in [7, 11) is -0.397. The summed E-state index contributed by atoms with van der Waals surface area (Å²) in [6.07, 6.45) is -0.0839. The van der Waals surface area contributed by atoms with Gasteiger partial charge in [-0.1, -0.05) is 0 Å². The SMILES string of the molecule is C=C[SiH2]COC(=O)OCC. The molecular weight excluding hydrogens is 148 g/mol. The van der Waals surface area contributed by atoms with Gasteiger partial charge in [0.2, 0.25) is 0 Å². The molecule has 0 aromatic heterocycles. The molecule has 0 saturated heterocycles. The van der Waals surface area contributed by atoms with Gasteiger partial charge in [0.05, 0.1) is 22.4 Å². The molecule has 58 valence electrons. The quantitative estimate of drug-likeness (QED) is 0.340. The third-order valence-corrected chi connectivity index (χ3v) is 1.65. The van der Waals surface area contributed by atoms with Gasteiger partial charge in [0, 0.05) is 0 Å². The second-order valence-corrected chi connectivity index (χ2v) is 3.17. The molecule has 0 saturated carbocycles. The van der Waals surface area contributed by atoms with E-state index in [4.69, 9.17) is 0 Å². The van der Waals surface area contributed by atoms with E-state index in [1.807, 2.05) is 5.70 Å². The van der Waals surface area contributed by atoms with Crippen LogP contribution in [0.2, 0.25) is 0 Å². The Morgan fingerprint density at radius 3 is 2.90 bits per heavy atom. The Bertz CT molecular complexity index is 114. The number of carbonyl (C=O) groups excluding carboxylic acids is 1. The first kappa shape index (κ1) is 9.23. The molecule has 0 aromatic rings. The molecule has 0 aromatic carbocycles. The fraction of sp³-hybridized carbons (Fsp3) is 0.500. The van der Waals surface area contributed by atoms with Crippen molar-refractivity contribution in [2.75, 3.05) is 12.8 Å². The summed E-state index contributed by atoms with van der Waals surface area (Å²) < 4.78 is 9.17. The summed E-state index contributed by atoms with van der Waals surface area (Å²) in [5.41, 5.74) is 1.82. The average molecular weight is 160 g/mol.